The topological polar surface area (TPSA) is 47.3 Å². The van der Waals surface area contributed by atoms with Gasteiger partial charge in [0, 0.05) is 12.1 Å². The molecule has 0 amide bonds. The number of ether oxygens (including phenoxy) is 1. The Morgan fingerprint density at radius 3 is 2.59 bits per heavy atom. The number of halogens is 2. The number of nitrogens with two attached hydrogens (primary N) is 1. The molecule has 96 valence electrons. The fraction of sp³-hybridized carbons (Fsp3) is 0.500. The first-order chi connectivity index (χ1) is 8.02. The van der Waals surface area contributed by atoms with Crippen LogP contribution >= 0.6 is 0 Å². The Morgan fingerprint density at radius 1 is 1.35 bits per heavy atom. The molecular weight excluding hydrogens is 226 g/mol. The maximum Gasteiger partial charge on any atom is 0.129 e. The van der Waals surface area contributed by atoms with Gasteiger partial charge in [-0.1, -0.05) is 6.07 Å². The van der Waals surface area contributed by atoms with Crippen molar-refractivity contribution < 1.29 is 13.5 Å². The second-order valence-electron chi connectivity index (χ2n) is 4.19. The van der Waals surface area contributed by atoms with Crippen molar-refractivity contribution in [3.63, 3.8) is 0 Å². The van der Waals surface area contributed by atoms with E-state index in [1.54, 1.807) is 0 Å². The number of nitrogens with one attached hydrogen (secondary N) is 1. The molecule has 1 rings (SSSR count). The minimum atomic E-state index is -0.582. The minimum absolute atomic E-state index is 0.0870. The van der Waals surface area contributed by atoms with Gasteiger partial charge in [-0.25, -0.2) is 8.78 Å². The largest absolute Gasteiger partial charge is 0.377 e. The summed E-state index contributed by atoms with van der Waals surface area (Å²) in [5.74, 6) is 4.22. The van der Waals surface area contributed by atoms with Crippen LogP contribution in [0.5, 0.6) is 0 Å². The van der Waals surface area contributed by atoms with Gasteiger partial charge in [-0.3, -0.25) is 11.3 Å². The van der Waals surface area contributed by atoms with Crippen LogP contribution in [0, 0.1) is 11.6 Å². The van der Waals surface area contributed by atoms with Gasteiger partial charge >= 0.3 is 0 Å². The Hall–Kier alpha value is -1.04. The molecule has 0 aliphatic heterocycles. The number of hydrogen-bond donors (Lipinski definition) is 2. The van der Waals surface area contributed by atoms with Crippen molar-refractivity contribution in [1.29, 1.82) is 0 Å². The van der Waals surface area contributed by atoms with Gasteiger partial charge in [0.1, 0.15) is 11.6 Å². The van der Waals surface area contributed by atoms with Crippen molar-refractivity contribution in [3.05, 3.63) is 35.4 Å². The molecule has 1 aromatic carbocycles. The predicted molar refractivity (Wildman–Crippen MR) is 62.3 cm³/mol. The van der Waals surface area contributed by atoms with Gasteiger partial charge in [0.2, 0.25) is 0 Å². The zero-order chi connectivity index (χ0) is 12.8. The Kier molecular flexibility index (Phi) is 5.47. The number of rotatable bonds is 6. The van der Waals surface area contributed by atoms with Crippen LogP contribution in [0.1, 0.15) is 19.4 Å². The van der Waals surface area contributed by atoms with Crippen LogP contribution in [0.3, 0.4) is 0 Å². The third-order valence-electron chi connectivity index (χ3n) is 2.35. The molecule has 0 bridgehead atoms. The Bertz CT molecular complexity index is 358. The van der Waals surface area contributed by atoms with Crippen molar-refractivity contribution in [1.82, 2.24) is 5.43 Å². The van der Waals surface area contributed by atoms with E-state index in [0.29, 0.717) is 18.6 Å². The fourth-order valence-electron chi connectivity index (χ4n) is 1.43. The molecule has 0 fully saturated rings. The SMILES string of the molecule is CC(C)OCC(Cc1ccc(F)cc1F)NN. The van der Waals surface area contributed by atoms with Crippen LogP contribution in [0.15, 0.2) is 18.2 Å². The molecule has 0 aliphatic rings. The quantitative estimate of drug-likeness (QED) is 0.592. The van der Waals surface area contributed by atoms with Crippen molar-refractivity contribution in [3.8, 4) is 0 Å². The second-order valence-corrected chi connectivity index (χ2v) is 4.19. The Morgan fingerprint density at radius 2 is 2.06 bits per heavy atom. The summed E-state index contributed by atoms with van der Waals surface area (Å²) in [5.41, 5.74) is 2.98. The van der Waals surface area contributed by atoms with E-state index < -0.39 is 11.6 Å². The van der Waals surface area contributed by atoms with Crippen LogP contribution in [-0.4, -0.2) is 18.8 Å². The number of hydrazine groups is 1. The molecule has 0 heterocycles. The maximum atomic E-state index is 13.4. The highest BCUT2D eigenvalue weighted by Gasteiger charge is 2.12. The Balaban J connectivity index is 2.60. The molecule has 17 heavy (non-hydrogen) atoms. The van der Waals surface area contributed by atoms with E-state index in [1.807, 2.05) is 13.8 Å². The first-order valence-corrected chi connectivity index (χ1v) is 5.54. The molecule has 3 N–H and O–H groups in total. The summed E-state index contributed by atoms with van der Waals surface area (Å²) in [6.07, 6.45) is 0.443. The van der Waals surface area contributed by atoms with Gasteiger partial charge < -0.3 is 4.74 Å². The van der Waals surface area contributed by atoms with E-state index in [2.05, 4.69) is 5.43 Å². The summed E-state index contributed by atoms with van der Waals surface area (Å²) in [4.78, 5) is 0. The molecule has 0 saturated heterocycles. The summed E-state index contributed by atoms with van der Waals surface area (Å²) >= 11 is 0. The highest BCUT2D eigenvalue weighted by atomic mass is 19.1. The average Bonchev–Trinajstić information content (AvgIpc) is 2.26. The van der Waals surface area contributed by atoms with Crippen molar-refractivity contribution in [2.24, 2.45) is 5.84 Å². The highest BCUT2D eigenvalue weighted by Crippen LogP contribution is 2.12. The molecule has 0 spiro atoms. The summed E-state index contributed by atoms with van der Waals surface area (Å²) < 4.78 is 31.5. The summed E-state index contributed by atoms with van der Waals surface area (Å²) in [5, 5.41) is 0. The monoisotopic (exact) mass is 244 g/mol. The van der Waals surface area contributed by atoms with E-state index in [4.69, 9.17) is 10.6 Å². The van der Waals surface area contributed by atoms with Crippen LogP contribution < -0.4 is 11.3 Å². The molecule has 5 heteroatoms. The highest BCUT2D eigenvalue weighted by molar-refractivity contribution is 5.19. The van der Waals surface area contributed by atoms with Crippen LogP contribution in [0.4, 0.5) is 8.78 Å². The van der Waals surface area contributed by atoms with E-state index in [9.17, 15) is 8.78 Å². The molecule has 0 aliphatic carbocycles. The predicted octanol–water partition coefficient (Wildman–Crippen LogP) is 1.76. The first kappa shape index (κ1) is 14.0. The van der Waals surface area contributed by atoms with Gasteiger partial charge in [0.15, 0.2) is 0 Å². The van der Waals surface area contributed by atoms with Gasteiger partial charge in [-0.2, -0.15) is 0 Å². The van der Waals surface area contributed by atoms with Crippen LogP contribution in [0.2, 0.25) is 0 Å². The molecule has 1 atom stereocenters. The number of benzene rings is 1. The van der Waals surface area contributed by atoms with Crippen molar-refractivity contribution in [2.45, 2.75) is 32.4 Å². The molecular formula is C12H18F2N2O. The summed E-state index contributed by atoms with van der Waals surface area (Å²) in [6.45, 7) is 4.20. The lowest BCUT2D eigenvalue weighted by Gasteiger charge is -2.18. The lowest BCUT2D eigenvalue weighted by atomic mass is 10.1. The van der Waals surface area contributed by atoms with Crippen LogP contribution in [-0.2, 0) is 11.2 Å². The van der Waals surface area contributed by atoms with E-state index in [0.717, 1.165) is 6.07 Å². The molecule has 0 saturated carbocycles. The molecule has 0 aromatic heterocycles. The van der Waals surface area contributed by atoms with Gasteiger partial charge in [0.25, 0.3) is 0 Å². The van der Waals surface area contributed by atoms with Crippen molar-refractivity contribution in [2.75, 3.05) is 6.61 Å². The average molecular weight is 244 g/mol. The first-order valence-electron chi connectivity index (χ1n) is 5.54. The van der Waals surface area contributed by atoms with Crippen molar-refractivity contribution >= 4 is 0 Å². The fourth-order valence-corrected chi connectivity index (χ4v) is 1.43. The summed E-state index contributed by atoms with van der Waals surface area (Å²) in [6, 6.07) is 3.32. The van der Waals surface area contributed by atoms with Crippen LogP contribution in [0.25, 0.3) is 0 Å². The molecule has 1 aromatic rings. The second kappa shape index (κ2) is 6.64. The van der Waals surface area contributed by atoms with E-state index in [1.165, 1.54) is 12.1 Å². The maximum absolute atomic E-state index is 13.4. The lowest BCUT2D eigenvalue weighted by molar-refractivity contribution is 0.0611. The van der Waals surface area contributed by atoms with Gasteiger partial charge in [-0.05, 0) is 31.9 Å². The minimum Gasteiger partial charge on any atom is -0.377 e. The standard InChI is InChI=1S/C12H18F2N2O/c1-8(2)17-7-11(16-15)5-9-3-4-10(13)6-12(9)14/h3-4,6,8,11,16H,5,7,15H2,1-2H3. The van der Waals surface area contributed by atoms with Gasteiger partial charge in [0.05, 0.1) is 12.7 Å². The lowest BCUT2D eigenvalue weighted by Crippen LogP contribution is -2.41. The zero-order valence-corrected chi connectivity index (χ0v) is 10.0. The summed E-state index contributed by atoms with van der Waals surface area (Å²) in [7, 11) is 0. The third kappa shape index (κ3) is 4.77. The van der Waals surface area contributed by atoms with E-state index >= 15 is 0 Å². The number of hydrogen-bond acceptors (Lipinski definition) is 3. The Labute approximate surface area is 99.9 Å². The molecule has 0 radical (unpaired) electrons. The van der Waals surface area contributed by atoms with Gasteiger partial charge in [-0.15, -0.1) is 0 Å². The smallest absolute Gasteiger partial charge is 0.129 e. The normalized spacial score (nSPS) is 13.1. The molecule has 1 unspecified atom stereocenters. The van der Waals surface area contributed by atoms with E-state index in [-0.39, 0.29) is 12.1 Å². The molecule has 3 nitrogen and oxygen atoms in total. The zero-order valence-electron chi connectivity index (χ0n) is 10.0. The third-order valence-corrected chi connectivity index (χ3v) is 2.35.